The van der Waals surface area contributed by atoms with Gasteiger partial charge in [-0.15, -0.1) is 0 Å². The molecule has 0 aliphatic heterocycles. The summed E-state index contributed by atoms with van der Waals surface area (Å²) < 4.78 is 0. The van der Waals surface area contributed by atoms with Gasteiger partial charge in [-0.2, -0.15) is 0 Å². The van der Waals surface area contributed by atoms with Gasteiger partial charge >= 0.3 is 5.97 Å². The predicted molar refractivity (Wildman–Crippen MR) is 65.9 cm³/mol. The van der Waals surface area contributed by atoms with Crippen molar-refractivity contribution in [2.24, 2.45) is 5.73 Å². The van der Waals surface area contributed by atoms with Gasteiger partial charge in [0.2, 0.25) is 17.7 Å². The van der Waals surface area contributed by atoms with Crippen molar-refractivity contribution in [1.82, 2.24) is 10.6 Å². The molecule has 0 bridgehead atoms. The van der Waals surface area contributed by atoms with E-state index in [1.54, 1.807) is 0 Å². The molecule has 0 aromatic carbocycles. The molecule has 0 aliphatic carbocycles. The van der Waals surface area contributed by atoms with E-state index in [0.29, 0.717) is 12.8 Å². The second kappa shape index (κ2) is 8.90. The Labute approximate surface area is 110 Å². The smallest absolute Gasteiger partial charge is 0.325 e. The maximum atomic E-state index is 11.3. The van der Waals surface area contributed by atoms with Gasteiger partial charge in [-0.25, -0.2) is 0 Å². The number of carbonyl (C=O) groups excluding carboxylic acids is 3. The van der Waals surface area contributed by atoms with Crippen LogP contribution in [0.2, 0.25) is 0 Å². The molecule has 3 amide bonds. The first kappa shape index (κ1) is 16.9. The van der Waals surface area contributed by atoms with Crippen molar-refractivity contribution in [2.75, 3.05) is 6.54 Å². The standard InChI is InChI=1S/C11H19N3O5/c1-7(11(18)19)14-10(17)6-13-9(16)5-3-2-4-8(12)15/h7H,2-6H2,1H3,(H2,12,15)(H,13,16)(H,14,17)(H,18,19). The van der Waals surface area contributed by atoms with Crippen LogP contribution in [0.3, 0.4) is 0 Å². The van der Waals surface area contributed by atoms with E-state index in [4.69, 9.17) is 10.8 Å². The predicted octanol–water partition coefficient (Wildman–Crippen LogP) is -1.26. The number of rotatable bonds is 9. The lowest BCUT2D eigenvalue weighted by Crippen LogP contribution is -2.43. The van der Waals surface area contributed by atoms with Crippen LogP contribution in [0.4, 0.5) is 0 Å². The van der Waals surface area contributed by atoms with Gasteiger partial charge in [0, 0.05) is 12.8 Å². The summed E-state index contributed by atoms with van der Waals surface area (Å²) in [5.74, 6) is -2.46. The Morgan fingerprint density at radius 3 is 2.21 bits per heavy atom. The molecule has 108 valence electrons. The fraction of sp³-hybridized carbons (Fsp3) is 0.636. The van der Waals surface area contributed by atoms with E-state index in [1.165, 1.54) is 6.92 Å². The van der Waals surface area contributed by atoms with Crippen LogP contribution in [0.5, 0.6) is 0 Å². The molecule has 0 radical (unpaired) electrons. The monoisotopic (exact) mass is 273 g/mol. The van der Waals surface area contributed by atoms with Gasteiger partial charge in [-0.1, -0.05) is 0 Å². The van der Waals surface area contributed by atoms with E-state index < -0.39 is 23.8 Å². The molecule has 5 N–H and O–H groups in total. The van der Waals surface area contributed by atoms with Crippen LogP contribution in [0.1, 0.15) is 32.6 Å². The number of primary amides is 1. The number of hydrogen-bond acceptors (Lipinski definition) is 4. The first-order chi connectivity index (χ1) is 8.82. The molecular formula is C11H19N3O5. The second-order valence-corrected chi connectivity index (χ2v) is 4.08. The molecule has 0 spiro atoms. The number of carbonyl (C=O) groups is 4. The summed E-state index contributed by atoms with van der Waals surface area (Å²) in [5.41, 5.74) is 4.94. The quantitative estimate of drug-likeness (QED) is 0.388. The fourth-order valence-corrected chi connectivity index (χ4v) is 1.21. The van der Waals surface area contributed by atoms with E-state index in [1.807, 2.05) is 0 Å². The summed E-state index contributed by atoms with van der Waals surface area (Å²) in [6, 6.07) is -1.00. The molecule has 0 saturated carbocycles. The molecule has 0 heterocycles. The maximum Gasteiger partial charge on any atom is 0.325 e. The zero-order valence-electron chi connectivity index (χ0n) is 10.8. The Hall–Kier alpha value is -2.12. The van der Waals surface area contributed by atoms with Gasteiger partial charge in [0.25, 0.3) is 0 Å². The van der Waals surface area contributed by atoms with Crippen molar-refractivity contribution < 1.29 is 24.3 Å². The Morgan fingerprint density at radius 2 is 1.68 bits per heavy atom. The average Bonchev–Trinajstić information content (AvgIpc) is 2.31. The van der Waals surface area contributed by atoms with E-state index in [0.717, 1.165) is 0 Å². The normalized spacial score (nSPS) is 11.4. The first-order valence-electron chi connectivity index (χ1n) is 5.90. The van der Waals surface area contributed by atoms with Crippen molar-refractivity contribution in [3.63, 3.8) is 0 Å². The van der Waals surface area contributed by atoms with Gasteiger partial charge in [0.15, 0.2) is 0 Å². The van der Waals surface area contributed by atoms with Crippen LogP contribution in [-0.4, -0.2) is 41.4 Å². The SMILES string of the molecule is CC(NC(=O)CNC(=O)CCCCC(N)=O)C(=O)O. The van der Waals surface area contributed by atoms with Crippen LogP contribution < -0.4 is 16.4 Å². The molecule has 8 nitrogen and oxygen atoms in total. The summed E-state index contributed by atoms with van der Waals surface area (Å²) in [7, 11) is 0. The lowest BCUT2D eigenvalue weighted by molar-refractivity contribution is -0.141. The Kier molecular flexibility index (Phi) is 7.90. The molecule has 0 rings (SSSR count). The first-order valence-corrected chi connectivity index (χ1v) is 5.90. The number of carboxylic acids is 1. The van der Waals surface area contributed by atoms with Crippen LogP contribution >= 0.6 is 0 Å². The van der Waals surface area contributed by atoms with Crippen LogP contribution in [0.25, 0.3) is 0 Å². The molecule has 1 atom stereocenters. The minimum Gasteiger partial charge on any atom is -0.480 e. The third kappa shape index (κ3) is 9.57. The van der Waals surface area contributed by atoms with Crippen molar-refractivity contribution in [3.05, 3.63) is 0 Å². The number of unbranched alkanes of at least 4 members (excludes halogenated alkanes) is 1. The molecule has 19 heavy (non-hydrogen) atoms. The molecular weight excluding hydrogens is 254 g/mol. The van der Waals surface area contributed by atoms with Gasteiger partial charge < -0.3 is 21.5 Å². The topological polar surface area (TPSA) is 139 Å². The van der Waals surface area contributed by atoms with Gasteiger partial charge in [0.05, 0.1) is 6.54 Å². The fourth-order valence-electron chi connectivity index (χ4n) is 1.21. The lowest BCUT2D eigenvalue weighted by Gasteiger charge is -2.09. The third-order valence-electron chi connectivity index (χ3n) is 2.27. The number of nitrogens with two attached hydrogens (primary N) is 1. The molecule has 0 aromatic heterocycles. The summed E-state index contributed by atoms with van der Waals surface area (Å²) in [4.78, 5) is 43.4. The highest BCUT2D eigenvalue weighted by molar-refractivity contribution is 5.87. The van der Waals surface area contributed by atoms with E-state index >= 15 is 0 Å². The van der Waals surface area contributed by atoms with Gasteiger partial charge in [-0.05, 0) is 19.8 Å². The van der Waals surface area contributed by atoms with Crippen molar-refractivity contribution in [1.29, 1.82) is 0 Å². The minimum absolute atomic E-state index is 0.190. The summed E-state index contributed by atoms with van der Waals surface area (Å²) >= 11 is 0. The van der Waals surface area contributed by atoms with Gasteiger partial charge in [0.1, 0.15) is 6.04 Å². The molecule has 1 unspecified atom stereocenters. The Balaban J connectivity index is 3.69. The molecule has 0 aliphatic rings. The van der Waals surface area contributed by atoms with Crippen molar-refractivity contribution in [3.8, 4) is 0 Å². The zero-order valence-corrected chi connectivity index (χ0v) is 10.8. The van der Waals surface area contributed by atoms with Crippen LogP contribution in [-0.2, 0) is 19.2 Å². The largest absolute Gasteiger partial charge is 0.480 e. The number of nitrogens with one attached hydrogen (secondary N) is 2. The summed E-state index contributed by atoms with van der Waals surface area (Å²) in [6.07, 6.45) is 1.44. The van der Waals surface area contributed by atoms with E-state index in [2.05, 4.69) is 10.6 Å². The molecule has 0 fully saturated rings. The highest BCUT2D eigenvalue weighted by Gasteiger charge is 2.14. The van der Waals surface area contributed by atoms with Crippen molar-refractivity contribution >= 4 is 23.7 Å². The maximum absolute atomic E-state index is 11.3. The van der Waals surface area contributed by atoms with E-state index in [9.17, 15) is 19.2 Å². The second-order valence-electron chi connectivity index (χ2n) is 4.08. The number of aliphatic carboxylic acids is 1. The number of carboxylic acid groups (broad SMARTS) is 1. The third-order valence-corrected chi connectivity index (χ3v) is 2.27. The van der Waals surface area contributed by atoms with Crippen molar-refractivity contribution in [2.45, 2.75) is 38.6 Å². The zero-order chi connectivity index (χ0) is 14.8. The van der Waals surface area contributed by atoms with Crippen LogP contribution in [0.15, 0.2) is 0 Å². The number of amides is 3. The van der Waals surface area contributed by atoms with E-state index in [-0.39, 0.29) is 25.3 Å². The minimum atomic E-state index is -1.15. The summed E-state index contributed by atoms with van der Waals surface area (Å²) in [5, 5.41) is 13.1. The van der Waals surface area contributed by atoms with Crippen LogP contribution in [0, 0.1) is 0 Å². The molecule has 0 aromatic rings. The molecule has 8 heteroatoms. The summed E-state index contributed by atoms with van der Waals surface area (Å²) in [6.45, 7) is 1.05. The van der Waals surface area contributed by atoms with Gasteiger partial charge in [-0.3, -0.25) is 19.2 Å². The average molecular weight is 273 g/mol. The molecule has 0 saturated heterocycles. The number of hydrogen-bond donors (Lipinski definition) is 4. The lowest BCUT2D eigenvalue weighted by atomic mass is 10.2. The highest BCUT2D eigenvalue weighted by Crippen LogP contribution is 1.98. The Bertz CT molecular complexity index is 356. The highest BCUT2D eigenvalue weighted by atomic mass is 16.4. The Morgan fingerprint density at radius 1 is 1.11 bits per heavy atom.